The van der Waals surface area contributed by atoms with Crippen LogP contribution in [0.3, 0.4) is 0 Å². The average molecular weight is 141 g/mol. The van der Waals surface area contributed by atoms with E-state index in [2.05, 4.69) is 6.58 Å². The van der Waals surface area contributed by atoms with Gasteiger partial charge in [0.15, 0.2) is 0 Å². The standard InChI is InChI=1S/C7H11NO2/c1-3-7(9)8(2)4-6-5-10-6/h3,6H,1,4-5H2,2H3. The summed E-state index contributed by atoms with van der Waals surface area (Å²) >= 11 is 0. The third kappa shape index (κ3) is 1.84. The SMILES string of the molecule is C=CC(=O)N(C)CC1CO1. The number of hydrogen-bond donors (Lipinski definition) is 0. The molecule has 1 unspecified atom stereocenters. The van der Waals surface area contributed by atoms with Crippen LogP contribution in [0, 0.1) is 0 Å². The van der Waals surface area contributed by atoms with E-state index in [1.54, 1.807) is 11.9 Å². The Morgan fingerprint density at radius 2 is 2.60 bits per heavy atom. The normalized spacial score (nSPS) is 21.9. The van der Waals surface area contributed by atoms with E-state index in [-0.39, 0.29) is 12.0 Å². The summed E-state index contributed by atoms with van der Waals surface area (Å²) in [5, 5.41) is 0. The summed E-state index contributed by atoms with van der Waals surface area (Å²) in [5.41, 5.74) is 0. The summed E-state index contributed by atoms with van der Waals surface area (Å²) in [6.07, 6.45) is 1.58. The molecule has 0 bridgehead atoms. The second kappa shape index (κ2) is 2.84. The molecule has 0 N–H and O–H groups in total. The van der Waals surface area contributed by atoms with E-state index < -0.39 is 0 Å². The van der Waals surface area contributed by atoms with Gasteiger partial charge in [0, 0.05) is 13.6 Å². The molecule has 1 fully saturated rings. The first-order valence-corrected chi connectivity index (χ1v) is 3.23. The van der Waals surface area contributed by atoms with Crippen LogP contribution < -0.4 is 0 Å². The van der Waals surface area contributed by atoms with Crippen LogP contribution >= 0.6 is 0 Å². The number of nitrogens with zero attached hydrogens (tertiary/aromatic N) is 1. The highest BCUT2D eigenvalue weighted by molar-refractivity contribution is 5.86. The Kier molecular flexibility index (Phi) is 2.06. The van der Waals surface area contributed by atoms with Gasteiger partial charge in [0.2, 0.25) is 5.91 Å². The molecule has 1 aliphatic rings. The second-order valence-electron chi connectivity index (χ2n) is 2.38. The molecule has 0 aromatic heterocycles. The average Bonchev–Trinajstić information content (AvgIpc) is 2.70. The lowest BCUT2D eigenvalue weighted by molar-refractivity contribution is -0.124. The minimum Gasteiger partial charge on any atom is -0.371 e. The number of amides is 1. The highest BCUT2D eigenvalue weighted by atomic mass is 16.6. The Labute approximate surface area is 60.3 Å². The monoisotopic (exact) mass is 141 g/mol. The summed E-state index contributed by atoms with van der Waals surface area (Å²) < 4.78 is 4.95. The van der Waals surface area contributed by atoms with E-state index in [9.17, 15) is 4.79 Å². The van der Waals surface area contributed by atoms with Gasteiger partial charge in [-0.3, -0.25) is 4.79 Å². The quantitative estimate of drug-likeness (QED) is 0.410. The maximum atomic E-state index is 10.8. The smallest absolute Gasteiger partial charge is 0.245 e. The fourth-order valence-corrected chi connectivity index (χ4v) is 0.725. The molecule has 3 heteroatoms. The molecular weight excluding hydrogens is 130 g/mol. The third-order valence-corrected chi connectivity index (χ3v) is 1.43. The summed E-state index contributed by atoms with van der Waals surface area (Å²) in [6, 6.07) is 0. The van der Waals surface area contributed by atoms with Gasteiger partial charge in [-0.1, -0.05) is 6.58 Å². The van der Waals surface area contributed by atoms with Crippen LogP contribution in [0.5, 0.6) is 0 Å². The Bertz CT molecular complexity index is 152. The van der Waals surface area contributed by atoms with E-state index in [4.69, 9.17) is 4.74 Å². The van der Waals surface area contributed by atoms with Crippen LogP contribution in [0.4, 0.5) is 0 Å². The van der Waals surface area contributed by atoms with Gasteiger partial charge in [0.1, 0.15) is 0 Å². The zero-order valence-corrected chi connectivity index (χ0v) is 6.04. The lowest BCUT2D eigenvalue weighted by atomic mass is 10.4. The lowest BCUT2D eigenvalue weighted by Crippen LogP contribution is -2.28. The van der Waals surface area contributed by atoms with E-state index in [1.807, 2.05) is 0 Å². The molecule has 3 nitrogen and oxygen atoms in total. The number of ether oxygens (including phenoxy) is 1. The Morgan fingerprint density at radius 1 is 2.00 bits per heavy atom. The van der Waals surface area contributed by atoms with Crippen molar-refractivity contribution in [3.05, 3.63) is 12.7 Å². The van der Waals surface area contributed by atoms with Crippen molar-refractivity contribution in [3.8, 4) is 0 Å². The predicted molar refractivity (Wildman–Crippen MR) is 37.6 cm³/mol. The number of hydrogen-bond acceptors (Lipinski definition) is 2. The molecule has 10 heavy (non-hydrogen) atoms. The van der Waals surface area contributed by atoms with Crippen molar-refractivity contribution in [3.63, 3.8) is 0 Å². The largest absolute Gasteiger partial charge is 0.371 e. The highest BCUT2D eigenvalue weighted by Crippen LogP contribution is 2.09. The first kappa shape index (κ1) is 7.28. The Hall–Kier alpha value is -0.830. The van der Waals surface area contributed by atoms with Crippen LogP contribution in [-0.4, -0.2) is 37.1 Å². The molecule has 0 saturated carbocycles. The summed E-state index contributed by atoms with van der Waals surface area (Å²) in [5.74, 6) is -0.0458. The van der Waals surface area contributed by atoms with Gasteiger partial charge in [-0.25, -0.2) is 0 Å². The van der Waals surface area contributed by atoms with Crippen molar-refractivity contribution >= 4 is 5.91 Å². The minimum absolute atomic E-state index is 0.0458. The molecule has 1 amide bonds. The van der Waals surface area contributed by atoms with E-state index in [1.165, 1.54) is 6.08 Å². The molecule has 1 rings (SSSR count). The lowest BCUT2D eigenvalue weighted by Gasteiger charge is -2.11. The van der Waals surface area contributed by atoms with Crippen LogP contribution in [0.15, 0.2) is 12.7 Å². The molecule has 1 aliphatic heterocycles. The van der Waals surface area contributed by atoms with Crippen LogP contribution in [0.1, 0.15) is 0 Å². The zero-order chi connectivity index (χ0) is 7.56. The fourth-order valence-electron chi connectivity index (χ4n) is 0.725. The topological polar surface area (TPSA) is 32.8 Å². The molecule has 0 aliphatic carbocycles. The summed E-state index contributed by atoms with van der Waals surface area (Å²) in [6.45, 7) is 4.85. The molecule has 0 aromatic carbocycles. The van der Waals surface area contributed by atoms with Gasteiger partial charge >= 0.3 is 0 Å². The molecular formula is C7H11NO2. The van der Waals surface area contributed by atoms with E-state index in [0.717, 1.165) is 6.61 Å². The van der Waals surface area contributed by atoms with Crippen molar-refractivity contribution in [1.82, 2.24) is 4.90 Å². The first-order valence-electron chi connectivity index (χ1n) is 3.23. The molecule has 1 atom stereocenters. The molecule has 1 heterocycles. The number of epoxide rings is 1. The summed E-state index contributed by atoms with van der Waals surface area (Å²) in [7, 11) is 1.74. The number of likely N-dealkylation sites (N-methyl/N-ethyl adjacent to an activating group) is 1. The van der Waals surface area contributed by atoms with Crippen molar-refractivity contribution in [2.75, 3.05) is 20.2 Å². The third-order valence-electron chi connectivity index (χ3n) is 1.43. The molecule has 1 saturated heterocycles. The molecule has 56 valence electrons. The highest BCUT2D eigenvalue weighted by Gasteiger charge is 2.24. The van der Waals surface area contributed by atoms with Crippen LogP contribution in [0.2, 0.25) is 0 Å². The Balaban J connectivity index is 2.24. The van der Waals surface area contributed by atoms with Gasteiger partial charge in [0.05, 0.1) is 12.7 Å². The van der Waals surface area contributed by atoms with Gasteiger partial charge < -0.3 is 9.64 Å². The van der Waals surface area contributed by atoms with Gasteiger partial charge in [-0.05, 0) is 6.08 Å². The molecule has 0 aromatic rings. The van der Waals surface area contributed by atoms with Crippen LogP contribution in [0.25, 0.3) is 0 Å². The van der Waals surface area contributed by atoms with E-state index in [0.29, 0.717) is 6.54 Å². The van der Waals surface area contributed by atoms with E-state index >= 15 is 0 Å². The second-order valence-corrected chi connectivity index (χ2v) is 2.38. The molecule has 0 spiro atoms. The minimum atomic E-state index is -0.0458. The zero-order valence-electron chi connectivity index (χ0n) is 6.04. The van der Waals surface area contributed by atoms with Crippen molar-refractivity contribution < 1.29 is 9.53 Å². The predicted octanol–water partition coefficient (Wildman–Crippen LogP) is 0.0296. The number of carbonyl (C=O) groups excluding carboxylic acids is 1. The van der Waals surface area contributed by atoms with Crippen molar-refractivity contribution in [2.24, 2.45) is 0 Å². The van der Waals surface area contributed by atoms with Crippen LogP contribution in [-0.2, 0) is 9.53 Å². The van der Waals surface area contributed by atoms with Gasteiger partial charge in [0.25, 0.3) is 0 Å². The van der Waals surface area contributed by atoms with Crippen molar-refractivity contribution in [1.29, 1.82) is 0 Å². The maximum Gasteiger partial charge on any atom is 0.245 e. The maximum absolute atomic E-state index is 10.8. The number of rotatable bonds is 3. The van der Waals surface area contributed by atoms with Gasteiger partial charge in [-0.2, -0.15) is 0 Å². The summed E-state index contributed by atoms with van der Waals surface area (Å²) in [4.78, 5) is 12.4. The van der Waals surface area contributed by atoms with Gasteiger partial charge in [-0.15, -0.1) is 0 Å². The molecule has 0 radical (unpaired) electrons. The Morgan fingerprint density at radius 3 is 3.00 bits per heavy atom. The first-order chi connectivity index (χ1) is 4.74. The number of carbonyl (C=O) groups is 1. The van der Waals surface area contributed by atoms with Crippen molar-refractivity contribution in [2.45, 2.75) is 6.10 Å². The fraction of sp³-hybridized carbons (Fsp3) is 0.571.